The molecule has 0 radical (unpaired) electrons. The summed E-state index contributed by atoms with van der Waals surface area (Å²) in [5.41, 5.74) is 8.36. The summed E-state index contributed by atoms with van der Waals surface area (Å²) in [4.78, 5) is 13.3. The van der Waals surface area contributed by atoms with E-state index in [-0.39, 0.29) is 0 Å². The predicted octanol–water partition coefficient (Wildman–Crippen LogP) is 0.799. The molecule has 0 aliphatic heterocycles. The number of carboxylic acid groups (broad SMARTS) is 1. The first-order chi connectivity index (χ1) is 6.69. The average Bonchev–Trinajstić information content (AvgIpc) is 2.19. The minimum Gasteiger partial charge on any atom is -0.497 e. The zero-order valence-electron chi connectivity index (χ0n) is 7.47. The van der Waals surface area contributed by atoms with Gasteiger partial charge in [0.1, 0.15) is 5.75 Å². The van der Waals surface area contributed by atoms with Gasteiger partial charge in [0.15, 0.2) is 0 Å². The number of nitrogens with zero attached hydrogens (tertiary/aromatic N) is 2. The predicted molar refractivity (Wildman–Crippen MR) is 48.4 cm³/mol. The third-order valence-electron chi connectivity index (χ3n) is 1.65. The number of aliphatic carboxylic acids is 1. The smallest absolute Gasteiger partial charge is 0.419 e. The lowest BCUT2D eigenvalue weighted by atomic mass is 10.1. The van der Waals surface area contributed by atoms with Crippen molar-refractivity contribution in [2.45, 2.75) is 0 Å². The van der Waals surface area contributed by atoms with Gasteiger partial charge in [0.2, 0.25) is 0 Å². The Hall–Kier alpha value is -2.13. The van der Waals surface area contributed by atoms with Crippen LogP contribution in [0.2, 0.25) is 0 Å². The third kappa shape index (κ3) is 1.97. The van der Waals surface area contributed by atoms with Crippen molar-refractivity contribution in [2.75, 3.05) is 7.11 Å². The number of carbonyl (C=O) groups is 1. The molecule has 0 aromatic heterocycles. The maximum Gasteiger partial charge on any atom is 0.419 e. The largest absolute Gasteiger partial charge is 0.497 e. The molecular formula is C9H8N2O3. The lowest BCUT2D eigenvalue weighted by Crippen LogP contribution is -2.15. The SMILES string of the molecule is COc1cccc(C(=[N+]=[N-])C(=O)O)c1. The molecule has 0 spiro atoms. The number of benzene rings is 1. The molecule has 0 unspecified atom stereocenters. The highest BCUT2D eigenvalue weighted by atomic mass is 16.5. The first-order valence-corrected chi connectivity index (χ1v) is 3.79. The van der Waals surface area contributed by atoms with E-state index in [1.165, 1.54) is 19.2 Å². The highest BCUT2D eigenvalue weighted by Crippen LogP contribution is 2.12. The maximum absolute atomic E-state index is 10.6. The Kier molecular flexibility index (Phi) is 2.99. The molecule has 5 nitrogen and oxygen atoms in total. The summed E-state index contributed by atoms with van der Waals surface area (Å²) in [6.45, 7) is 0. The van der Waals surface area contributed by atoms with Gasteiger partial charge in [-0.15, -0.1) is 0 Å². The Morgan fingerprint density at radius 3 is 2.79 bits per heavy atom. The van der Waals surface area contributed by atoms with Crippen LogP contribution in [0.3, 0.4) is 0 Å². The van der Waals surface area contributed by atoms with E-state index in [0.29, 0.717) is 11.3 Å². The van der Waals surface area contributed by atoms with Crippen molar-refractivity contribution in [1.29, 1.82) is 0 Å². The Morgan fingerprint density at radius 1 is 1.57 bits per heavy atom. The normalized spacial score (nSPS) is 8.93. The molecule has 1 N–H and O–H groups in total. The summed E-state index contributed by atoms with van der Waals surface area (Å²) < 4.78 is 4.90. The second-order valence-electron chi connectivity index (χ2n) is 2.49. The molecule has 0 saturated heterocycles. The number of rotatable bonds is 3. The van der Waals surface area contributed by atoms with Crippen molar-refractivity contribution >= 4 is 11.7 Å². The van der Waals surface area contributed by atoms with Crippen molar-refractivity contribution in [1.82, 2.24) is 0 Å². The maximum atomic E-state index is 10.6. The summed E-state index contributed by atoms with van der Waals surface area (Å²) in [5.74, 6) is -0.786. The van der Waals surface area contributed by atoms with Gasteiger partial charge in [-0.3, -0.25) is 0 Å². The molecule has 0 bridgehead atoms. The molecule has 0 fully saturated rings. The Morgan fingerprint density at radius 2 is 2.29 bits per heavy atom. The van der Waals surface area contributed by atoms with E-state index < -0.39 is 11.7 Å². The summed E-state index contributed by atoms with van der Waals surface area (Å²) in [7, 11) is 1.47. The van der Waals surface area contributed by atoms with Crippen molar-refractivity contribution in [3.63, 3.8) is 0 Å². The summed E-state index contributed by atoms with van der Waals surface area (Å²) in [6, 6.07) is 6.28. The van der Waals surface area contributed by atoms with Gasteiger partial charge >= 0.3 is 11.7 Å². The fourth-order valence-electron chi connectivity index (χ4n) is 0.994. The van der Waals surface area contributed by atoms with Crippen LogP contribution < -0.4 is 4.74 Å². The van der Waals surface area contributed by atoms with Crippen LogP contribution in [0.5, 0.6) is 5.75 Å². The molecule has 0 saturated carbocycles. The van der Waals surface area contributed by atoms with Gasteiger partial charge in [-0.2, -0.15) is 4.79 Å². The molecule has 0 atom stereocenters. The van der Waals surface area contributed by atoms with E-state index >= 15 is 0 Å². The summed E-state index contributed by atoms with van der Waals surface area (Å²) in [6.07, 6.45) is 0. The fourth-order valence-corrected chi connectivity index (χ4v) is 0.994. The van der Waals surface area contributed by atoms with Crippen LogP contribution in [-0.4, -0.2) is 28.7 Å². The van der Waals surface area contributed by atoms with Crippen LogP contribution in [0.25, 0.3) is 5.53 Å². The van der Waals surface area contributed by atoms with E-state index in [0.717, 1.165) is 0 Å². The van der Waals surface area contributed by atoms with E-state index in [2.05, 4.69) is 4.79 Å². The van der Waals surface area contributed by atoms with Crippen molar-refractivity contribution in [2.24, 2.45) is 0 Å². The van der Waals surface area contributed by atoms with Gasteiger partial charge in [0.05, 0.1) is 12.7 Å². The van der Waals surface area contributed by atoms with Crippen molar-refractivity contribution in [3.05, 3.63) is 35.4 Å². The number of hydrogen-bond acceptors (Lipinski definition) is 2. The van der Waals surface area contributed by atoms with Crippen LogP contribution in [0.1, 0.15) is 5.56 Å². The number of methoxy groups -OCH3 is 1. The van der Waals surface area contributed by atoms with Gasteiger partial charge in [-0.05, 0) is 18.2 Å². The molecular weight excluding hydrogens is 184 g/mol. The Bertz CT molecular complexity index is 408. The highest BCUT2D eigenvalue weighted by molar-refractivity contribution is 6.40. The molecule has 14 heavy (non-hydrogen) atoms. The fraction of sp³-hybridized carbons (Fsp3) is 0.111. The average molecular weight is 192 g/mol. The third-order valence-corrected chi connectivity index (χ3v) is 1.65. The van der Waals surface area contributed by atoms with Gasteiger partial charge in [-0.25, -0.2) is 4.79 Å². The number of ether oxygens (including phenoxy) is 1. The van der Waals surface area contributed by atoms with Gasteiger partial charge < -0.3 is 15.4 Å². The monoisotopic (exact) mass is 192 g/mol. The molecule has 5 heteroatoms. The second-order valence-corrected chi connectivity index (χ2v) is 2.49. The summed E-state index contributed by atoms with van der Waals surface area (Å²) in [5, 5.41) is 8.66. The standard InChI is InChI=1S/C9H8N2O3/c1-14-7-4-2-3-6(5-7)8(11-10)9(12)13/h2-5H,1H3,(H,12,13). The molecule has 72 valence electrons. The zero-order valence-corrected chi connectivity index (χ0v) is 7.47. The molecule has 0 aliphatic rings. The second kappa shape index (κ2) is 4.20. The van der Waals surface area contributed by atoms with Crippen LogP contribution in [0.15, 0.2) is 24.3 Å². The summed E-state index contributed by atoms with van der Waals surface area (Å²) >= 11 is 0. The van der Waals surface area contributed by atoms with Crippen molar-refractivity contribution < 1.29 is 19.4 Å². The van der Waals surface area contributed by atoms with E-state index in [4.69, 9.17) is 15.4 Å². The van der Waals surface area contributed by atoms with E-state index in [1.807, 2.05) is 0 Å². The molecule has 1 aromatic carbocycles. The quantitative estimate of drug-likeness (QED) is 0.436. The molecule has 0 aliphatic carbocycles. The van der Waals surface area contributed by atoms with Crippen LogP contribution >= 0.6 is 0 Å². The molecule has 0 amide bonds. The highest BCUT2D eigenvalue weighted by Gasteiger charge is 2.21. The van der Waals surface area contributed by atoms with Crippen LogP contribution in [-0.2, 0) is 4.79 Å². The van der Waals surface area contributed by atoms with Gasteiger partial charge in [0, 0.05) is 0 Å². The van der Waals surface area contributed by atoms with E-state index in [9.17, 15) is 4.79 Å². The first-order valence-electron chi connectivity index (χ1n) is 3.79. The minimum atomic E-state index is -1.29. The molecule has 1 aromatic rings. The number of hydrogen-bond donors (Lipinski definition) is 1. The van der Waals surface area contributed by atoms with E-state index in [1.54, 1.807) is 12.1 Å². The number of carboxylic acids is 1. The van der Waals surface area contributed by atoms with Crippen LogP contribution in [0, 0.1) is 0 Å². The lowest BCUT2D eigenvalue weighted by Gasteiger charge is -1.98. The molecule has 0 heterocycles. The first kappa shape index (κ1) is 9.95. The van der Waals surface area contributed by atoms with Gasteiger partial charge in [-0.1, -0.05) is 6.07 Å². The zero-order chi connectivity index (χ0) is 10.6. The van der Waals surface area contributed by atoms with Gasteiger partial charge in [0.25, 0.3) is 0 Å². The topological polar surface area (TPSA) is 82.9 Å². The minimum absolute atomic E-state index is 0.291. The van der Waals surface area contributed by atoms with Crippen molar-refractivity contribution in [3.8, 4) is 5.75 Å². The van der Waals surface area contributed by atoms with Crippen LogP contribution in [0.4, 0.5) is 0 Å². The Labute approximate surface area is 80.2 Å². The molecule has 1 rings (SSSR count). The Balaban J connectivity index is 3.18. The lowest BCUT2D eigenvalue weighted by molar-refractivity contribution is -0.133.